The highest BCUT2D eigenvalue weighted by Crippen LogP contribution is 2.38. The molecule has 1 atom stereocenters. The maximum absolute atomic E-state index is 6.43. The second kappa shape index (κ2) is 5.21. The summed E-state index contributed by atoms with van der Waals surface area (Å²) in [7, 11) is 1.66. The lowest BCUT2D eigenvalue weighted by Crippen LogP contribution is -1.92. The van der Waals surface area contributed by atoms with Gasteiger partial charge < -0.3 is 4.74 Å². The van der Waals surface area contributed by atoms with Gasteiger partial charge >= 0.3 is 0 Å². The molecule has 0 aliphatic carbocycles. The largest absolute Gasteiger partial charge is 0.497 e. The van der Waals surface area contributed by atoms with Gasteiger partial charge in [-0.05, 0) is 45.1 Å². The lowest BCUT2D eigenvalue weighted by molar-refractivity contribution is 0.414. The molecule has 2 aromatic rings. The van der Waals surface area contributed by atoms with Crippen LogP contribution in [0.25, 0.3) is 0 Å². The Bertz CT molecular complexity index is 483. The van der Waals surface area contributed by atoms with Crippen LogP contribution in [0.15, 0.2) is 40.2 Å². The SMILES string of the molecule is COc1cccc(C(Cl)c2sccc2Br)c1. The first-order chi connectivity index (χ1) is 7.72. The molecule has 0 radical (unpaired) electrons. The molecule has 0 spiro atoms. The van der Waals surface area contributed by atoms with Gasteiger partial charge in [-0.15, -0.1) is 22.9 Å². The van der Waals surface area contributed by atoms with Gasteiger partial charge in [-0.2, -0.15) is 0 Å². The van der Waals surface area contributed by atoms with Crippen LogP contribution >= 0.6 is 38.9 Å². The number of benzene rings is 1. The van der Waals surface area contributed by atoms with Crippen molar-refractivity contribution in [1.29, 1.82) is 0 Å². The van der Waals surface area contributed by atoms with Gasteiger partial charge in [0.05, 0.1) is 12.5 Å². The van der Waals surface area contributed by atoms with Crippen molar-refractivity contribution in [1.82, 2.24) is 0 Å². The molecule has 0 N–H and O–H groups in total. The Morgan fingerprint density at radius 3 is 2.81 bits per heavy atom. The van der Waals surface area contributed by atoms with E-state index in [0.717, 1.165) is 20.7 Å². The molecule has 1 aromatic carbocycles. The van der Waals surface area contributed by atoms with Crippen LogP contribution in [-0.2, 0) is 0 Å². The van der Waals surface area contributed by atoms with E-state index in [1.165, 1.54) is 0 Å². The van der Waals surface area contributed by atoms with E-state index in [-0.39, 0.29) is 5.38 Å². The van der Waals surface area contributed by atoms with Crippen LogP contribution in [0.3, 0.4) is 0 Å². The molecule has 0 fully saturated rings. The maximum Gasteiger partial charge on any atom is 0.119 e. The van der Waals surface area contributed by atoms with Crippen LogP contribution < -0.4 is 4.74 Å². The summed E-state index contributed by atoms with van der Waals surface area (Å²) in [6.07, 6.45) is 0. The molecular weight excluding hydrogens is 308 g/mol. The molecule has 0 amide bonds. The van der Waals surface area contributed by atoms with Crippen LogP contribution in [-0.4, -0.2) is 7.11 Å². The monoisotopic (exact) mass is 316 g/mol. The minimum absolute atomic E-state index is 0.135. The first-order valence-electron chi connectivity index (χ1n) is 4.73. The molecule has 84 valence electrons. The van der Waals surface area contributed by atoms with Gasteiger partial charge in [0, 0.05) is 9.35 Å². The van der Waals surface area contributed by atoms with E-state index < -0.39 is 0 Å². The molecule has 0 saturated heterocycles. The van der Waals surface area contributed by atoms with Crippen molar-refractivity contribution in [2.45, 2.75) is 5.38 Å². The molecule has 2 rings (SSSR count). The molecule has 16 heavy (non-hydrogen) atoms. The van der Waals surface area contributed by atoms with Crippen molar-refractivity contribution < 1.29 is 4.74 Å². The summed E-state index contributed by atoms with van der Waals surface area (Å²) in [5.41, 5.74) is 1.05. The number of hydrogen-bond acceptors (Lipinski definition) is 2. The van der Waals surface area contributed by atoms with Gasteiger partial charge in [0.25, 0.3) is 0 Å². The zero-order chi connectivity index (χ0) is 11.5. The summed E-state index contributed by atoms with van der Waals surface area (Å²) in [5.74, 6) is 0.829. The van der Waals surface area contributed by atoms with E-state index >= 15 is 0 Å². The van der Waals surface area contributed by atoms with Crippen LogP contribution in [0.2, 0.25) is 0 Å². The quantitative estimate of drug-likeness (QED) is 0.736. The molecule has 1 aromatic heterocycles. The van der Waals surface area contributed by atoms with E-state index in [2.05, 4.69) is 15.9 Å². The average molecular weight is 318 g/mol. The predicted octanol–water partition coefficient (Wildman–Crippen LogP) is 4.85. The highest BCUT2D eigenvalue weighted by atomic mass is 79.9. The van der Waals surface area contributed by atoms with Crippen LogP contribution in [0.5, 0.6) is 5.75 Å². The minimum atomic E-state index is -0.135. The lowest BCUT2D eigenvalue weighted by atomic mass is 10.1. The molecule has 0 aliphatic rings. The van der Waals surface area contributed by atoms with E-state index in [4.69, 9.17) is 16.3 Å². The van der Waals surface area contributed by atoms with E-state index in [1.807, 2.05) is 35.7 Å². The third-order valence-electron chi connectivity index (χ3n) is 2.26. The molecule has 1 unspecified atom stereocenters. The van der Waals surface area contributed by atoms with Crippen molar-refractivity contribution in [2.75, 3.05) is 7.11 Å². The van der Waals surface area contributed by atoms with Crippen molar-refractivity contribution in [3.63, 3.8) is 0 Å². The van der Waals surface area contributed by atoms with Gasteiger partial charge in [-0.1, -0.05) is 12.1 Å². The molecule has 1 nitrogen and oxygen atoms in total. The molecule has 0 saturated carbocycles. The number of methoxy groups -OCH3 is 1. The van der Waals surface area contributed by atoms with Gasteiger partial charge in [0.1, 0.15) is 5.75 Å². The smallest absolute Gasteiger partial charge is 0.119 e. The Kier molecular flexibility index (Phi) is 3.90. The first-order valence-corrected chi connectivity index (χ1v) is 6.84. The Labute approximate surface area is 112 Å². The summed E-state index contributed by atoms with van der Waals surface area (Å²) in [4.78, 5) is 1.12. The second-order valence-electron chi connectivity index (χ2n) is 3.27. The maximum atomic E-state index is 6.43. The number of thiophene rings is 1. The van der Waals surface area contributed by atoms with Crippen molar-refractivity contribution in [3.8, 4) is 5.75 Å². The Morgan fingerprint density at radius 1 is 1.38 bits per heavy atom. The standard InChI is InChI=1S/C12H10BrClOS/c1-15-9-4-2-3-8(7-9)11(14)12-10(13)5-6-16-12/h2-7,11H,1H3. The molecule has 0 aliphatic heterocycles. The van der Waals surface area contributed by atoms with Crippen LogP contribution in [0.1, 0.15) is 15.8 Å². The molecular formula is C12H10BrClOS. The third kappa shape index (κ3) is 2.42. The fourth-order valence-electron chi connectivity index (χ4n) is 1.44. The lowest BCUT2D eigenvalue weighted by Gasteiger charge is -2.10. The fraction of sp³-hybridized carbons (Fsp3) is 0.167. The van der Waals surface area contributed by atoms with Crippen molar-refractivity contribution in [2.24, 2.45) is 0 Å². The number of ether oxygens (including phenoxy) is 1. The van der Waals surface area contributed by atoms with Crippen LogP contribution in [0, 0.1) is 0 Å². The first kappa shape index (κ1) is 12.0. The minimum Gasteiger partial charge on any atom is -0.497 e. The zero-order valence-corrected chi connectivity index (χ0v) is 11.8. The Morgan fingerprint density at radius 2 is 2.19 bits per heavy atom. The summed E-state index contributed by atoms with van der Waals surface area (Å²) in [5, 5.41) is 1.89. The topological polar surface area (TPSA) is 9.23 Å². The number of halogens is 2. The highest BCUT2D eigenvalue weighted by Gasteiger charge is 2.15. The normalized spacial score (nSPS) is 12.4. The third-order valence-corrected chi connectivity index (χ3v) is 4.80. The summed E-state index contributed by atoms with van der Waals surface area (Å²) in [6, 6.07) is 9.84. The Balaban J connectivity index is 2.33. The fourth-order valence-corrected chi connectivity index (χ4v) is 3.58. The predicted molar refractivity (Wildman–Crippen MR) is 72.7 cm³/mol. The summed E-state index contributed by atoms with van der Waals surface area (Å²) < 4.78 is 6.24. The van der Waals surface area contributed by atoms with Gasteiger partial charge in [-0.25, -0.2) is 0 Å². The van der Waals surface area contributed by atoms with Crippen molar-refractivity contribution >= 4 is 38.9 Å². The molecule has 1 heterocycles. The van der Waals surface area contributed by atoms with Gasteiger partial charge in [-0.3, -0.25) is 0 Å². The average Bonchev–Trinajstić information content (AvgIpc) is 2.74. The van der Waals surface area contributed by atoms with Gasteiger partial charge in [0.15, 0.2) is 0 Å². The molecule has 0 bridgehead atoms. The second-order valence-corrected chi connectivity index (χ2v) is 5.51. The molecule has 4 heteroatoms. The van der Waals surface area contributed by atoms with Crippen molar-refractivity contribution in [3.05, 3.63) is 50.6 Å². The zero-order valence-electron chi connectivity index (χ0n) is 8.61. The van der Waals surface area contributed by atoms with E-state index in [9.17, 15) is 0 Å². The number of alkyl halides is 1. The van der Waals surface area contributed by atoms with E-state index in [0.29, 0.717) is 0 Å². The number of rotatable bonds is 3. The Hall–Kier alpha value is -0.510. The van der Waals surface area contributed by atoms with Gasteiger partial charge in [0.2, 0.25) is 0 Å². The number of hydrogen-bond donors (Lipinski definition) is 0. The highest BCUT2D eigenvalue weighted by molar-refractivity contribution is 9.10. The summed E-state index contributed by atoms with van der Waals surface area (Å²) in [6.45, 7) is 0. The summed E-state index contributed by atoms with van der Waals surface area (Å²) >= 11 is 11.6. The van der Waals surface area contributed by atoms with E-state index in [1.54, 1.807) is 18.4 Å². The van der Waals surface area contributed by atoms with Crippen LogP contribution in [0.4, 0.5) is 0 Å².